The third-order valence-corrected chi connectivity index (χ3v) is 5.72. The lowest BCUT2D eigenvalue weighted by molar-refractivity contribution is 0.0661. The van der Waals surface area contributed by atoms with Crippen LogP contribution in [0.3, 0.4) is 0 Å². The third-order valence-electron chi connectivity index (χ3n) is 5.72. The summed E-state index contributed by atoms with van der Waals surface area (Å²) in [6, 6.07) is 20.2. The summed E-state index contributed by atoms with van der Waals surface area (Å²) in [6.07, 6.45) is 3.98. The standard InChI is InChI=1S/C24H28N4O/c1-18(25)21-13-8-14-27(16-21)24(29)22-17-28(15-19-9-4-2-5-10-19)26-23(22)20-11-6-3-7-12-20/h2-7,9-12,17-18,21H,8,13-16,25H2,1H3. The highest BCUT2D eigenvalue weighted by Gasteiger charge is 2.29. The van der Waals surface area contributed by atoms with Crippen LogP contribution in [0.2, 0.25) is 0 Å². The minimum atomic E-state index is 0.0496. The van der Waals surface area contributed by atoms with Crippen LogP contribution in [0.25, 0.3) is 11.3 Å². The summed E-state index contributed by atoms with van der Waals surface area (Å²) in [5.41, 5.74) is 9.65. The lowest BCUT2D eigenvalue weighted by atomic mass is 9.91. The van der Waals surface area contributed by atoms with Gasteiger partial charge in [-0.15, -0.1) is 0 Å². The fourth-order valence-electron chi connectivity index (χ4n) is 4.03. The predicted molar refractivity (Wildman–Crippen MR) is 115 cm³/mol. The largest absolute Gasteiger partial charge is 0.338 e. The molecule has 0 bridgehead atoms. The van der Waals surface area contributed by atoms with Crippen LogP contribution in [0, 0.1) is 5.92 Å². The van der Waals surface area contributed by atoms with Crippen molar-refractivity contribution in [1.82, 2.24) is 14.7 Å². The van der Waals surface area contributed by atoms with E-state index in [0.29, 0.717) is 24.6 Å². The lowest BCUT2D eigenvalue weighted by Crippen LogP contribution is -2.45. The van der Waals surface area contributed by atoms with Gasteiger partial charge in [0, 0.05) is 30.9 Å². The van der Waals surface area contributed by atoms with E-state index in [1.165, 1.54) is 0 Å². The Kier molecular flexibility index (Phi) is 5.76. The Bertz CT molecular complexity index is 950. The van der Waals surface area contributed by atoms with Crippen LogP contribution in [-0.4, -0.2) is 39.7 Å². The quantitative estimate of drug-likeness (QED) is 0.723. The number of nitrogens with two attached hydrogens (primary N) is 1. The minimum Gasteiger partial charge on any atom is -0.338 e. The molecule has 4 rings (SSSR count). The molecule has 150 valence electrons. The maximum absolute atomic E-state index is 13.5. The van der Waals surface area contributed by atoms with E-state index >= 15 is 0 Å². The molecule has 5 heteroatoms. The van der Waals surface area contributed by atoms with E-state index in [9.17, 15) is 4.79 Å². The molecule has 1 saturated heterocycles. The first-order chi connectivity index (χ1) is 14.1. The first-order valence-corrected chi connectivity index (χ1v) is 10.3. The van der Waals surface area contributed by atoms with Crippen LogP contribution < -0.4 is 5.73 Å². The zero-order valence-corrected chi connectivity index (χ0v) is 16.9. The van der Waals surface area contributed by atoms with Gasteiger partial charge in [0.1, 0.15) is 5.69 Å². The molecule has 1 aliphatic rings. The molecule has 0 saturated carbocycles. The van der Waals surface area contributed by atoms with Gasteiger partial charge < -0.3 is 10.6 Å². The average Bonchev–Trinajstić information content (AvgIpc) is 3.18. The van der Waals surface area contributed by atoms with E-state index in [0.717, 1.165) is 36.2 Å². The minimum absolute atomic E-state index is 0.0496. The number of amides is 1. The van der Waals surface area contributed by atoms with Gasteiger partial charge in [-0.2, -0.15) is 5.10 Å². The van der Waals surface area contributed by atoms with Crippen molar-refractivity contribution in [2.75, 3.05) is 13.1 Å². The van der Waals surface area contributed by atoms with Crippen LogP contribution in [0.1, 0.15) is 35.7 Å². The van der Waals surface area contributed by atoms with Gasteiger partial charge >= 0.3 is 0 Å². The van der Waals surface area contributed by atoms with Crippen molar-refractivity contribution in [3.8, 4) is 11.3 Å². The number of aromatic nitrogens is 2. The van der Waals surface area contributed by atoms with Gasteiger partial charge in [0.15, 0.2) is 0 Å². The van der Waals surface area contributed by atoms with E-state index < -0.39 is 0 Å². The van der Waals surface area contributed by atoms with Crippen molar-refractivity contribution < 1.29 is 4.79 Å². The van der Waals surface area contributed by atoms with E-state index in [1.54, 1.807) is 0 Å². The predicted octanol–water partition coefficient (Wildman–Crippen LogP) is 3.80. The summed E-state index contributed by atoms with van der Waals surface area (Å²) < 4.78 is 1.87. The van der Waals surface area contributed by atoms with E-state index in [2.05, 4.69) is 12.1 Å². The molecular formula is C24H28N4O. The molecule has 2 N–H and O–H groups in total. The molecule has 2 unspecified atom stereocenters. The van der Waals surface area contributed by atoms with Gasteiger partial charge in [-0.05, 0) is 31.2 Å². The number of hydrogen-bond acceptors (Lipinski definition) is 3. The molecule has 1 aromatic heterocycles. The van der Waals surface area contributed by atoms with Crippen molar-refractivity contribution in [2.24, 2.45) is 11.7 Å². The van der Waals surface area contributed by atoms with Gasteiger partial charge in [0.05, 0.1) is 12.1 Å². The molecular weight excluding hydrogens is 360 g/mol. The summed E-state index contributed by atoms with van der Waals surface area (Å²) in [6.45, 7) is 4.16. The maximum Gasteiger partial charge on any atom is 0.257 e. The number of carbonyl (C=O) groups is 1. The third kappa shape index (κ3) is 4.40. The molecule has 0 radical (unpaired) electrons. The van der Waals surface area contributed by atoms with Crippen molar-refractivity contribution in [3.63, 3.8) is 0 Å². The number of carbonyl (C=O) groups excluding carboxylic acids is 1. The van der Waals surface area contributed by atoms with Crippen LogP contribution in [0.5, 0.6) is 0 Å². The highest BCUT2D eigenvalue weighted by molar-refractivity contribution is 5.99. The maximum atomic E-state index is 13.5. The Balaban J connectivity index is 1.66. The Labute approximate surface area is 172 Å². The second kappa shape index (κ2) is 8.62. The molecule has 1 aliphatic heterocycles. The number of nitrogens with zero attached hydrogens (tertiary/aromatic N) is 3. The zero-order chi connectivity index (χ0) is 20.2. The van der Waals surface area contributed by atoms with Crippen molar-refractivity contribution in [1.29, 1.82) is 0 Å². The van der Waals surface area contributed by atoms with E-state index in [4.69, 9.17) is 10.8 Å². The molecule has 1 fully saturated rings. The SMILES string of the molecule is CC(N)C1CCCN(C(=O)c2cn(Cc3ccccc3)nc2-c2ccccc2)C1. The molecule has 0 spiro atoms. The summed E-state index contributed by atoms with van der Waals surface area (Å²) >= 11 is 0. The van der Waals surface area contributed by atoms with Crippen molar-refractivity contribution in [3.05, 3.63) is 78.0 Å². The van der Waals surface area contributed by atoms with Crippen LogP contribution in [-0.2, 0) is 6.54 Å². The molecule has 2 atom stereocenters. The zero-order valence-electron chi connectivity index (χ0n) is 16.9. The van der Waals surface area contributed by atoms with Crippen LogP contribution in [0.15, 0.2) is 66.9 Å². The Morgan fingerprint density at radius 1 is 1.14 bits per heavy atom. The number of piperidine rings is 1. The first-order valence-electron chi connectivity index (χ1n) is 10.3. The molecule has 1 amide bonds. The second-order valence-electron chi connectivity index (χ2n) is 7.95. The molecule has 5 nitrogen and oxygen atoms in total. The molecule has 2 aromatic carbocycles. The van der Waals surface area contributed by atoms with Gasteiger partial charge in [-0.3, -0.25) is 9.48 Å². The topological polar surface area (TPSA) is 64.2 Å². The summed E-state index contributed by atoms with van der Waals surface area (Å²) in [5, 5.41) is 4.79. The van der Waals surface area contributed by atoms with Crippen LogP contribution in [0.4, 0.5) is 0 Å². The Morgan fingerprint density at radius 3 is 2.52 bits per heavy atom. The van der Waals surface area contributed by atoms with Gasteiger partial charge in [0.25, 0.3) is 5.91 Å². The monoisotopic (exact) mass is 388 g/mol. The summed E-state index contributed by atoms with van der Waals surface area (Å²) in [7, 11) is 0. The number of benzene rings is 2. The van der Waals surface area contributed by atoms with Gasteiger partial charge in [-0.25, -0.2) is 0 Å². The summed E-state index contributed by atoms with van der Waals surface area (Å²) in [5.74, 6) is 0.403. The number of hydrogen-bond donors (Lipinski definition) is 1. The fourth-order valence-corrected chi connectivity index (χ4v) is 4.03. The Morgan fingerprint density at radius 2 is 1.83 bits per heavy atom. The lowest BCUT2D eigenvalue weighted by Gasteiger charge is -2.34. The molecule has 3 aromatic rings. The van der Waals surface area contributed by atoms with Crippen molar-refractivity contribution >= 4 is 5.91 Å². The van der Waals surface area contributed by atoms with Gasteiger partial charge in [0.2, 0.25) is 0 Å². The van der Waals surface area contributed by atoms with Crippen molar-refractivity contribution in [2.45, 2.75) is 32.4 Å². The first kappa shape index (κ1) is 19.4. The highest BCUT2D eigenvalue weighted by Crippen LogP contribution is 2.26. The van der Waals surface area contributed by atoms with Gasteiger partial charge in [-0.1, -0.05) is 60.7 Å². The Hall–Kier alpha value is -2.92. The highest BCUT2D eigenvalue weighted by atomic mass is 16.2. The molecule has 29 heavy (non-hydrogen) atoms. The van der Waals surface area contributed by atoms with E-state index in [-0.39, 0.29) is 11.9 Å². The van der Waals surface area contributed by atoms with E-state index in [1.807, 2.05) is 71.2 Å². The molecule has 2 heterocycles. The average molecular weight is 389 g/mol. The normalized spacial score (nSPS) is 17.9. The smallest absolute Gasteiger partial charge is 0.257 e. The molecule has 0 aliphatic carbocycles. The number of likely N-dealkylation sites (tertiary alicyclic amines) is 1. The second-order valence-corrected chi connectivity index (χ2v) is 7.95. The fraction of sp³-hybridized carbons (Fsp3) is 0.333. The van der Waals surface area contributed by atoms with Crippen LogP contribution >= 0.6 is 0 Å². The number of rotatable bonds is 5. The summed E-state index contributed by atoms with van der Waals surface area (Å²) in [4.78, 5) is 15.4.